The standard InChI is InChI=1S/C9H11NO3S/c1-6(11)9-4-7-5-14(12,13)3-2-8(7)10-9/h4,10H,2-3,5H2,1H3. The van der Waals surface area contributed by atoms with Crippen molar-refractivity contribution in [3.05, 3.63) is 23.0 Å². The molecule has 4 nitrogen and oxygen atoms in total. The molecule has 76 valence electrons. The van der Waals surface area contributed by atoms with Crippen molar-refractivity contribution in [3.63, 3.8) is 0 Å². The lowest BCUT2D eigenvalue weighted by Crippen LogP contribution is -2.17. The van der Waals surface area contributed by atoms with Crippen LogP contribution in [0.4, 0.5) is 0 Å². The Kier molecular flexibility index (Phi) is 1.99. The van der Waals surface area contributed by atoms with E-state index in [-0.39, 0.29) is 17.3 Å². The number of hydrogen-bond acceptors (Lipinski definition) is 3. The van der Waals surface area contributed by atoms with Gasteiger partial charge in [-0.15, -0.1) is 0 Å². The number of H-pyrrole nitrogens is 1. The number of rotatable bonds is 1. The van der Waals surface area contributed by atoms with E-state index in [1.807, 2.05) is 0 Å². The van der Waals surface area contributed by atoms with Crippen molar-refractivity contribution in [3.8, 4) is 0 Å². The van der Waals surface area contributed by atoms with E-state index in [2.05, 4.69) is 4.98 Å². The highest BCUT2D eigenvalue weighted by molar-refractivity contribution is 7.90. The second-order valence-electron chi connectivity index (χ2n) is 3.59. The van der Waals surface area contributed by atoms with Crippen LogP contribution < -0.4 is 0 Å². The van der Waals surface area contributed by atoms with Crippen LogP contribution in [0.1, 0.15) is 28.7 Å². The zero-order chi connectivity index (χ0) is 10.3. The molecule has 0 bridgehead atoms. The summed E-state index contributed by atoms with van der Waals surface area (Å²) in [4.78, 5) is 14.0. The summed E-state index contributed by atoms with van der Waals surface area (Å²) in [6.07, 6.45) is 0.491. The Hall–Kier alpha value is -1.10. The van der Waals surface area contributed by atoms with E-state index in [9.17, 15) is 13.2 Å². The van der Waals surface area contributed by atoms with Crippen molar-refractivity contribution >= 4 is 15.6 Å². The predicted molar refractivity (Wildman–Crippen MR) is 52.0 cm³/mol. The first-order valence-corrected chi connectivity index (χ1v) is 6.22. The highest BCUT2D eigenvalue weighted by Crippen LogP contribution is 2.21. The number of sulfone groups is 1. The third kappa shape index (κ3) is 1.59. The number of aromatic amines is 1. The maximum absolute atomic E-state index is 11.3. The van der Waals surface area contributed by atoms with Crippen LogP contribution in [0.2, 0.25) is 0 Å². The largest absolute Gasteiger partial charge is 0.356 e. The number of aromatic nitrogens is 1. The topological polar surface area (TPSA) is 67.0 Å². The SMILES string of the molecule is CC(=O)c1cc2c([nH]1)CCS(=O)(=O)C2. The third-order valence-electron chi connectivity index (χ3n) is 2.41. The van der Waals surface area contributed by atoms with Gasteiger partial charge in [-0.25, -0.2) is 8.42 Å². The van der Waals surface area contributed by atoms with Gasteiger partial charge >= 0.3 is 0 Å². The van der Waals surface area contributed by atoms with Crippen LogP contribution in [-0.4, -0.2) is 24.9 Å². The summed E-state index contributed by atoms with van der Waals surface area (Å²) < 4.78 is 22.6. The number of fused-ring (bicyclic) bond motifs is 1. The molecule has 1 aliphatic heterocycles. The van der Waals surface area contributed by atoms with Crippen molar-refractivity contribution in [2.45, 2.75) is 19.1 Å². The van der Waals surface area contributed by atoms with Crippen molar-refractivity contribution < 1.29 is 13.2 Å². The van der Waals surface area contributed by atoms with Crippen LogP contribution in [0.5, 0.6) is 0 Å². The monoisotopic (exact) mass is 213 g/mol. The fourth-order valence-electron chi connectivity index (χ4n) is 1.65. The zero-order valence-corrected chi connectivity index (χ0v) is 8.65. The molecule has 0 unspecified atom stereocenters. The molecular formula is C9H11NO3S. The minimum Gasteiger partial charge on any atom is -0.356 e. The molecule has 2 rings (SSSR count). The summed E-state index contributed by atoms with van der Waals surface area (Å²) in [7, 11) is -2.94. The Morgan fingerprint density at radius 2 is 2.21 bits per heavy atom. The minimum absolute atomic E-state index is 0.0585. The van der Waals surface area contributed by atoms with Crippen LogP contribution in [0.3, 0.4) is 0 Å². The Morgan fingerprint density at radius 3 is 2.86 bits per heavy atom. The van der Waals surface area contributed by atoms with E-state index in [1.165, 1.54) is 6.92 Å². The van der Waals surface area contributed by atoms with Crippen LogP contribution in [0.25, 0.3) is 0 Å². The molecule has 14 heavy (non-hydrogen) atoms. The lowest BCUT2D eigenvalue weighted by atomic mass is 10.2. The number of carbonyl (C=O) groups excluding carboxylic acids is 1. The molecule has 0 spiro atoms. The molecule has 0 aliphatic carbocycles. The van der Waals surface area contributed by atoms with Crippen molar-refractivity contribution in [2.24, 2.45) is 0 Å². The van der Waals surface area contributed by atoms with E-state index >= 15 is 0 Å². The summed E-state index contributed by atoms with van der Waals surface area (Å²) in [5.41, 5.74) is 2.15. The summed E-state index contributed by atoms with van der Waals surface area (Å²) >= 11 is 0. The van der Waals surface area contributed by atoms with Gasteiger partial charge < -0.3 is 4.98 Å². The van der Waals surface area contributed by atoms with E-state index in [4.69, 9.17) is 0 Å². The molecule has 0 fully saturated rings. The highest BCUT2D eigenvalue weighted by atomic mass is 32.2. The quantitative estimate of drug-likeness (QED) is 0.698. The first-order valence-electron chi connectivity index (χ1n) is 4.40. The lowest BCUT2D eigenvalue weighted by molar-refractivity contribution is 0.101. The lowest BCUT2D eigenvalue weighted by Gasteiger charge is -2.10. The average molecular weight is 213 g/mol. The zero-order valence-electron chi connectivity index (χ0n) is 7.83. The predicted octanol–water partition coefficient (Wildman–Crippen LogP) is 0.688. The van der Waals surface area contributed by atoms with Gasteiger partial charge in [0.15, 0.2) is 15.6 Å². The molecule has 1 N–H and O–H groups in total. The molecule has 0 saturated heterocycles. The molecule has 0 saturated carbocycles. The van der Waals surface area contributed by atoms with Crippen LogP contribution in [-0.2, 0) is 22.0 Å². The van der Waals surface area contributed by atoms with Gasteiger partial charge in [-0.05, 0) is 11.6 Å². The summed E-state index contributed by atoms with van der Waals surface area (Å²) in [5, 5.41) is 0. The van der Waals surface area contributed by atoms with Crippen LogP contribution in [0.15, 0.2) is 6.07 Å². The van der Waals surface area contributed by atoms with E-state index < -0.39 is 9.84 Å². The van der Waals surface area contributed by atoms with Gasteiger partial charge in [-0.1, -0.05) is 0 Å². The molecule has 0 radical (unpaired) electrons. The van der Waals surface area contributed by atoms with Gasteiger partial charge in [-0.3, -0.25) is 4.79 Å². The Labute approximate surface area is 82.2 Å². The number of carbonyl (C=O) groups is 1. The molecule has 0 atom stereocenters. The molecule has 0 aromatic carbocycles. The summed E-state index contributed by atoms with van der Waals surface area (Å²) in [6.45, 7) is 1.46. The minimum atomic E-state index is -2.94. The maximum atomic E-state index is 11.3. The van der Waals surface area contributed by atoms with Gasteiger partial charge in [0.1, 0.15) is 0 Å². The van der Waals surface area contributed by atoms with Crippen LogP contribution in [0, 0.1) is 0 Å². The van der Waals surface area contributed by atoms with E-state index in [1.54, 1.807) is 6.07 Å². The van der Waals surface area contributed by atoms with Gasteiger partial charge in [0.25, 0.3) is 0 Å². The first kappa shape index (κ1) is 9.45. The molecular weight excluding hydrogens is 202 g/mol. The van der Waals surface area contributed by atoms with E-state index in [0.717, 1.165) is 11.3 Å². The fourth-order valence-corrected chi connectivity index (χ4v) is 3.04. The Bertz CT molecular complexity index is 484. The van der Waals surface area contributed by atoms with Gasteiger partial charge in [0.05, 0.1) is 17.2 Å². The first-order chi connectivity index (χ1) is 6.48. The number of aryl methyl sites for hydroxylation is 1. The van der Waals surface area contributed by atoms with Crippen molar-refractivity contribution in [1.82, 2.24) is 4.98 Å². The Morgan fingerprint density at radius 1 is 1.50 bits per heavy atom. The number of hydrogen-bond donors (Lipinski definition) is 1. The molecule has 1 aromatic heterocycles. The Balaban J connectivity index is 2.44. The van der Waals surface area contributed by atoms with Gasteiger partial charge in [0.2, 0.25) is 0 Å². The normalized spacial score (nSPS) is 18.9. The van der Waals surface area contributed by atoms with Crippen LogP contribution >= 0.6 is 0 Å². The third-order valence-corrected chi connectivity index (χ3v) is 3.99. The molecule has 2 heterocycles. The maximum Gasteiger partial charge on any atom is 0.175 e. The molecule has 1 aliphatic rings. The molecule has 0 amide bonds. The average Bonchev–Trinajstić information content (AvgIpc) is 2.45. The fraction of sp³-hybridized carbons (Fsp3) is 0.444. The smallest absolute Gasteiger partial charge is 0.175 e. The van der Waals surface area contributed by atoms with Gasteiger partial charge in [-0.2, -0.15) is 0 Å². The second kappa shape index (κ2) is 2.95. The van der Waals surface area contributed by atoms with Crippen molar-refractivity contribution in [1.29, 1.82) is 0 Å². The molecule has 1 aromatic rings. The van der Waals surface area contributed by atoms with E-state index in [0.29, 0.717) is 12.1 Å². The second-order valence-corrected chi connectivity index (χ2v) is 5.77. The summed E-state index contributed by atoms with van der Waals surface area (Å²) in [6, 6.07) is 1.65. The highest BCUT2D eigenvalue weighted by Gasteiger charge is 2.23. The number of Topliss-reactive ketones (excluding diaryl/α,β-unsaturated/α-hetero) is 1. The van der Waals surface area contributed by atoms with Crippen molar-refractivity contribution in [2.75, 3.05) is 5.75 Å². The molecule has 5 heteroatoms. The number of nitrogens with one attached hydrogen (secondary N) is 1. The number of ketones is 1. The summed E-state index contributed by atoms with van der Waals surface area (Å²) in [5.74, 6) is 0.182. The van der Waals surface area contributed by atoms with Gasteiger partial charge in [0, 0.05) is 19.0 Å².